The van der Waals surface area contributed by atoms with Gasteiger partial charge in [0.2, 0.25) is 0 Å². The lowest BCUT2D eigenvalue weighted by Crippen LogP contribution is -2.02. The summed E-state index contributed by atoms with van der Waals surface area (Å²) in [7, 11) is 0. The number of aryl methyl sites for hydroxylation is 1. The summed E-state index contributed by atoms with van der Waals surface area (Å²) in [4.78, 5) is 13.9. The number of hydrogen-bond acceptors (Lipinski definition) is 2. The van der Waals surface area contributed by atoms with E-state index in [0.717, 1.165) is 16.5 Å². The number of nitrogens with one attached hydrogen (secondary N) is 1. The summed E-state index contributed by atoms with van der Waals surface area (Å²) in [5, 5.41) is 1.06. The van der Waals surface area contributed by atoms with Crippen LogP contribution in [0.1, 0.15) is 12.5 Å². The number of benzene rings is 1. The number of aromatic nitrogens is 1. The number of hydrogen-bond donors (Lipinski definition) is 1. The smallest absolute Gasteiger partial charge is 0.308 e. The quantitative estimate of drug-likeness (QED) is 0.553. The maximum atomic E-state index is 10.9. The van der Waals surface area contributed by atoms with E-state index in [1.807, 2.05) is 31.3 Å². The summed E-state index contributed by atoms with van der Waals surface area (Å²) in [6.45, 7) is 3.37. The molecule has 14 heavy (non-hydrogen) atoms. The maximum Gasteiger partial charge on any atom is 0.308 e. The van der Waals surface area contributed by atoms with Crippen LogP contribution >= 0.6 is 0 Å². The molecule has 0 unspecified atom stereocenters. The van der Waals surface area contributed by atoms with E-state index in [0.29, 0.717) is 5.75 Å². The highest BCUT2D eigenvalue weighted by molar-refractivity contribution is 5.88. The highest BCUT2D eigenvalue weighted by atomic mass is 16.5. The Morgan fingerprint density at radius 3 is 2.93 bits per heavy atom. The number of ether oxygens (including phenoxy) is 1. The Kier molecular flexibility index (Phi) is 2.00. The predicted molar refractivity (Wildman–Crippen MR) is 54.3 cm³/mol. The van der Waals surface area contributed by atoms with Crippen molar-refractivity contribution in [2.75, 3.05) is 0 Å². The number of fused-ring (bicyclic) bond motifs is 1. The molecule has 0 aliphatic carbocycles. The van der Waals surface area contributed by atoms with E-state index in [9.17, 15) is 4.79 Å². The number of carbonyl (C=O) groups excluding carboxylic acids is 1. The second kappa shape index (κ2) is 3.18. The van der Waals surface area contributed by atoms with E-state index in [-0.39, 0.29) is 5.97 Å². The lowest BCUT2D eigenvalue weighted by atomic mass is 10.1. The molecule has 3 heteroatoms. The molecule has 0 atom stereocenters. The number of carbonyl (C=O) groups is 1. The molecule has 1 aromatic carbocycles. The number of rotatable bonds is 1. The van der Waals surface area contributed by atoms with Crippen molar-refractivity contribution in [1.29, 1.82) is 0 Å². The van der Waals surface area contributed by atoms with Gasteiger partial charge in [-0.2, -0.15) is 0 Å². The van der Waals surface area contributed by atoms with E-state index in [1.165, 1.54) is 6.92 Å². The van der Waals surface area contributed by atoms with Gasteiger partial charge in [0, 0.05) is 18.5 Å². The Hall–Kier alpha value is -1.77. The summed E-state index contributed by atoms with van der Waals surface area (Å²) in [6, 6.07) is 5.84. The van der Waals surface area contributed by atoms with Crippen molar-refractivity contribution in [2.45, 2.75) is 13.8 Å². The molecule has 0 saturated heterocycles. The molecule has 3 nitrogen and oxygen atoms in total. The van der Waals surface area contributed by atoms with Crippen LogP contribution in [-0.2, 0) is 4.79 Å². The average Bonchev–Trinajstić information content (AvgIpc) is 2.50. The number of aromatic amines is 1. The van der Waals surface area contributed by atoms with Crippen LogP contribution in [0.5, 0.6) is 5.75 Å². The molecule has 0 saturated carbocycles. The van der Waals surface area contributed by atoms with Crippen LogP contribution in [0, 0.1) is 6.92 Å². The van der Waals surface area contributed by atoms with Crippen LogP contribution in [0.2, 0.25) is 0 Å². The van der Waals surface area contributed by atoms with Crippen molar-refractivity contribution in [3.05, 3.63) is 30.0 Å². The Bertz CT molecular complexity index is 485. The molecule has 2 rings (SSSR count). The fraction of sp³-hybridized carbons (Fsp3) is 0.182. The van der Waals surface area contributed by atoms with Gasteiger partial charge in [-0.25, -0.2) is 0 Å². The fourth-order valence-corrected chi connectivity index (χ4v) is 1.52. The summed E-state index contributed by atoms with van der Waals surface area (Å²) in [5.41, 5.74) is 1.94. The summed E-state index contributed by atoms with van der Waals surface area (Å²) in [6.07, 6.45) is 1.83. The van der Waals surface area contributed by atoms with Crippen LogP contribution < -0.4 is 4.74 Å². The Labute approximate surface area is 81.7 Å². The minimum absolute atomic E-state index is 0.300. The minimum Gasteiger partial charge on any atom is -0.424 e. The van der Waals surface area contributed by atoms with Crippen LogP contribution in [0.15, 0.2) is 24.4 Å². The Morgan fingerprint density at radius 1 is 1.43 bits per heavy atom. The third-order valence-electron chi connectivity index (χ3n) is 2.02. The first-order valence-electron chi connectivity index (χ1n) is 4.43. The standard InChI is InChI=1S/C11H11NO2/c1-7-5-9-3-4-12-11(9)10(6-7)14-8(2)13/h3-6,12H,1-2H3. The van der Waals surface area contributed by atoms with E-state index in [4.69, 9.17) is 4.74 Å². The lowest BCUT2D eigenvalue weighted by Gasteiger charge is -2.04. The van der Waals surface area contributed by atoms with Gasteiger partial charge in [-0.05, 0) is 30.7 Å². The summed E-state index contributed by atoms with van der Waals surface area (Å²) in [5.74, 6) is 0.295. The molecule has 0 aliphatic rings. The van der Waals surface area contributed by atoms with Gasteiger partial charge in [-0.3, -0.25) is 4.79 Å². The SMILES string of the molecule is CC(=O)Oc1cc(C)cc2cc[nH]c12. The van der Waals surface area contributed by atoms with Gasteiger partial charge in [0.15, 0.2) is 5.75 Å². The Balaban J connectivity index is 2.60. The molecule has 1 heterocycles. The highest BCUT2D eigenvalue weighted by Gasteiger charge is 2.06. The normalized spacial score (nSPS) is 10.4. The van der Waals surface area contributed by atoms with Crippen LogP contribution in [0.3, 0.4) is 0 Å². The molecule has 0 fully saturated rings. The molecule has 1 N–H and O–H groups in total. The van der Waals surface area contributed by atoms with Crippen molar-refractivity contribution in [1.82, 2.24) is 4.98 Å². The molecule has 0 bridgehead atoms. The number of esters is 1. The highest BCUT2D eigenvalue weighted by Crippen LogP contribution is 2.26. The van der Waals surface area contributed by atoms with Crippen molar-refractivity contribution in [2.24, 2.45) is 0 Å². The monoisotopic (exact) mass is 189 g/mol. The first-order chi connectivity index (χ1) is 6.66. The van der Waals surface area contributed by atoms with Gasteiger partial charge in [0.25, 0.3) is 0 Å². The summed E-state index contributed by atoms with van der Waals surface area (Å²) >= 11 is 0. The zero-order valence-corrected chi connectivity index (χ0v) is 8.13. The molecule has 0 amide bonds. The van der Waals surface area contributed by atoms with Crippen LogP contribution in [0.4, 0.5) is 0 Å². The predicted octanol–water partition coefficient (Wildman–Crippen LogP) is 2.40. The molecule has 0 aliphatic heterocycles. The van der Waals surface area contributed by atoms with Gasteiger partial charge in [-0.15, -0.1) is 0 Å². The van der Waals surface area contributed by atoms with Gasteiger partial charge in [0.1, 0.15) is 0 Å². The van der Waals surface area contributed by atoms with E-state index < -0.39 is 0 Å². The van der Waals surface area contributed by atoms with Crippen molar-refractivity contribution in [3.63, 3.8) is 0 Å². The molecular weight excluding hydrogens is 178 g/mol. The first kappa shape index (κ1) is 8.81. The van der Waals surface area contributed by atoms with Gasteiger partial charge in [0.05, 0.1) is 5.52 Å². The average molecular weight is 189 g/mol. The molecule has 1 aromatic heterocycles. The van der Waals surface area contributed by atoms with E-state index >= 15 is 0 Å². The van der Waals surface area contributed by atoms with E-state index in [1.54, 1.807) is 0 Å². The maximum absolute atomic E-state index is 10.9. The molecular formula is C11H11NO2. The third kappa shape index (κ3) is 1.48. The lowest BCUT2D eigenvalue weighted by molar-refractivity contribution is -0.131. The first-order valence-corrected chi connectivity index (χ1v) is 4.43. The zero-order chi connectivity index (χ0) is 10.1. The second-order valence-electron chi connectivity index (χ2n) is 3.30. The van der Waals surface area contributed by atoms with Gasteiger partial charge in [-0.1, -0.05) is 0 Å². The molecule has 2 aromatic rings. The third-order valence-corrected chi connectivity index (χ3v) is 2.02. The largest absolute Gasteiger partial charge is 0.424 e. The topological polar surface area (TPSA) is 42.1 Å². The Morgan fingerprint density at radius 2 is 2.21 bits per heavy atom. The van der Waals surface area contributed by atoms with Gasteiger partial charge >= 0.3 is 5.97 Å². The molecule has 0 spiro atoms. The second-order valence-corrected chi connectivity index (χ2v) is 3.30. The van der Waals surface area contributed by atoms with Crippen molar-refractivity contribution < 1.29 is 9.53 Å². The molecule has 0 radical (unpaired) electrons. The van der Waals surface area contributed by atoms with E-state index in [2.05, 4.69) is 4.98 Å². The minimum atomic E-state index is -0.300. The van der Waals surface area contributed by atoms with Crippen molar-refractivity contribution >= 4 is 16.9 Å². The van der Waals surface area contributed by atoms with Crippen LogP contribution in [0.25, 0.3) is 10.9 Å². The molecule has 72 valence electrons. The van der Waals surface area contributed by atoms with Crippen molar-refractivity contribution in [3.8, 4) is 5.75 Å². The van der Waals surface area contributed by atoms with Crippen LogP contribution in [-0.4, -0.2) is 11.0 Å². The number of H-pyrrole nitrogens is 1. The summed E-state index contributed by atoms with van der Waals surface area (Å²) < 4.78 is 5.10. The zero-order valence-electron chi connectivity index (χ0n) is 8.13. The van der Waals surface area contributed by atoms with Gasteiger partial charge < -0.3 is 9.72 Å². The fourth-order valence-electron chi connectivity index (χ4n) is 1.52.